The molecule has 1 aromatic carbocycles. The average Bonchev–Trinajstić information content (AvgIpc) is 3.17. The number of thiazole rings is 1. The molecule has 1 amide bonds. The fourth-order valence-corrected chi connectivity index (χ4v) is 4.59. The fraction of sp³-hybridized carbons (Fsp3) is 0.273. The predicted molar refractivity (Wildman–Crippen MR) is 121 cm³/mol. The Bertz CT molecular complexity index is 1070. The van der Waals surface area contributed by atoms with Crippen molar-refractivity contribution in [3.63, 3.8) is 0 Å². The van der Waals surface area contributed by atoms with E-state index in [1.54, 1.807) is 0 Å². The molecule has 2 aromatic heterocycles. The van der Waals surface area contributed by atoms with Gasteiger partial charge in [0.2, 0.25) is 5.91 Å². The number of anilines is 1. The topological polar surface area (TPSA) is 87.9 Å². The van der Waals surface area contributed by atoms with Gasteiger partial charge < -0.3 is 10.1 Å². The molecule has 0 radical (unpaired) electrons. The quantitative estimate of drug-likeness (QED) is 0.486. The van der Waals surface area contributed by atoms with E-state index in [9.17, 15) is 10.1 Å². The first-order valence-electron chi connectivity index (χ1n) is 9.50. The third-order valence-corrected chi connectivity index (χ3v) is 5.94. The molecule has 0 aliphatic heterocycles. The number of nitriles is 1. The third kappa shape index (κ3) is 5.59. The van der Waals surface area contributed by atoms with Gasteiger partial charge in [0.15, 0.2) is 5.13 Å². The van der Waals surface area contributed by atoms with E-state index in [0.717, 1.165) is 28.3 Å². The van der Waals surface area contributed by atoms with Crippen LogP contribution in [-0.4, -0.2) is 28.2 Å². The molecule has 0 unspecified atom stereocenters. The minimum atomic E-state index is -0.113. The molecule has 0 saturated carbocycles. The van der Waals surface area contributed by atoms with Crippen LogP contribution in [0, 0.1) is 25.2 Å². The van der Waals surface area contributed by atoms with Gasteiger partial charge in [-0.1, -0.05) is 0 Å². The molecule has 0 aliphatic carbocycles. The zero-order chi connectivity index (χ0) is 21.5. The minimum Gasteiger partial charge on any atom is -0.494 e. The van der Waals surface area contributed by atoms with Crippen LogP contribution >= 0.6 is 23.1 Å². The van der Waals surface area contributed by atoms with Gasteiger partial charge in [0.05, 0.1) is 17.9 Å². The molecule has 0 atom stereocenters. The van der Waals surface area contributed by atoms with Crippen molar-refractivity contribution < 1.29 is 9.53 Å². The van der Waals surface area contributed by atoms with Gasteiger partial charge in [-0.05, 0) is 56.7 Å². The van der Waals surface area contributed by atoms with E-state index in [1.807, 2.05) is 56.5 Å². The summed E-state index contributed by atoms with van der Waals surface area (Å²) in [6.45, 7) is 6.37. The maximum absolute atomic E-state index is 12.3. The molecule has 2 heterocycles. The molecule has 0 saturated heterocycles. The maximum Gasteiger partial charge on any atom is 0.226 e. The number of rotatable bonds is 8. The van der Waals surface area contributed by atoms with Crippen LogP contribution in [0.5, 0.6) is 5.75 Å². The van der Waals surface area contributed by atoms with Crippen molar-refractivity contribution >= 4 is 34.1 Å². The average molecular weight is 439 g/mol. The molecular formula is C22H22N4O2S2. The second kappa shape index (κ2) is 10.2. The van der Waals surface area contributed by atoms with Crippen molar-refractivity contribution in [2.24, 2.45) is 0 Å². The summed E-state index contributed by atoms with van der Waals surface area (Å²) in [4.78, 5) is 21.2. The van der Waals surface area contributed by atoms with Crippen LogP contribution in [0.2, 0.25) is 0 Å². The number of nitrogens with zero attached hydrogens (tertiary/aromatic N) is 3. The van der Waals surface area contributed by atoms with Crippen molar-refractivity contribution in [1.29, 1.82) is 5.26 Å². The summed E-state index contributed by atoms with van der Waals surface area (Å²) in [6.07, 6.45) is 0.308. The van der Waals surface area contributed by atoms with E-state index < -0.39 is 0 Å². The number of aromatic nitrogens is 2. The van der Waals surface area contributed by atoms with Gasteiger partial charge >= 0.3 is 0 Å². The Balaban J connectivity index is 1.54. The van der Waals surface area contributed by atoms with E-state index in [4.69, 9.17) is 4.74 Å². The molecule has 6 nitrogen and oxygen atoms in total. The van der Waals surface area contributed by atoms with Crippen LogP contribution in [0.15, 0.2) is 40.7 Å². The molecule has 3 rings (SSSR count). The molecular weight excluding hydrogens is 416 g/mol. The number of pyridine rings is 1. The highest BCUT2D eigenvalue weighted by Crippen LogP contribution is 2.27. The lowest BCUT2D eigenvalue weighted by molar-refractivity contribution is -0.115. The summed E-state index contributed by atoms with van der Waals surface area (Å²) in [6, 6.07) is 11.8. The first-order chi connectivity index (χ1) is 14.5. The van der Waals surface area contributed by atoms with Crippen molar-refractivity contribution in [2.75, 3.05) is 17.7 Å². The number of hydrogen-bond donors (Lipinski definition) is 1. The van der Waals surface area contributed by atoms with E-state index in [2.05, 4.69) is 21.4 Å². The lowest BCUT2D eigenvalue weighted by Gasteiger charge is -2.07. The van der Waals surface area contributed by atoms with Gasteiger partial charge in [-0.3, -0.25) is 4.79 Å². The maximum atomic E-state index is 12.3. The number of thioether (sulfide) groups is 1. The summed E-state index contributed by atoms with van der Waals surface area (Å²) < 4.78 is 5.45. The second-order valence-electron chi connectivity index (χ2n) is 6.51. The van der Waals surface area contributed by atoms with Crippen molar-refractivity contribution in [3.05, 3.63) is 52.5 Å². The van der Waals surface area contributed by atoms with E-state index in [1.165, 1.54) is 23.1 Å². The molecule has 8 heteroatoms. The van der Waals surface area contributed by atoms with E-state index >= 15 is 0 Å². The Kier molecular flexibility index (Phi) is 7.44. The first kappa shape index (κ1) is 21.8. The molecule has 1 N–H and O–H groups in total. The SMILES string of the molecule is CCOc1ccc(-c2csc(NC(=O)CCSc3nc(C)cc(C)c3C#N)n2)cc1. The molecule has 30 heavy (non-hydrogen) atoms. The first-order valence-corrected chi connectivity index (χ1v) is 11.4. The third-order valence-electron chi connectivity index (χ3n) is 4.20. The van der Waals surface area contributed by atoms with Crippen LogP contribution in [0.4, 0.5) is 5.13 Å². The molecule has 154 valence electrons. The lowest BCUT2D eigenvalue weighted by Crippen LogP contribution is -2.12. The van der Waals surface area contributed by atoms with Gasteiger partial charge in [-0.2, -0.15) is 5.26 Å². The summed E-state index contributed by atoms with van der Waals surface area (Å²) in [7, 11) is 0. The Morgan fingerprint density at radius 1 is 1.27 bits per heavy atom. The smallest absolute Gasteiger partial charge is 0.226 e. The van der Waals surface area contributed by atoms with Gasteiger partial charge in [0.1, 0.15) is 16.8 Å². The summed E-state index contributed by atoms with van der Waals surface area (Å²) in [5, 5.41) is 15.3. The molecule has 0 fully saturated rings. The Morgan fingerprint density at radius 3 is 2.73 bits per heavy atom. The number of ether oxygens (including phenoxy) is 1. The summed E-state index contributed by atoms with van der Waals surface area (Å²) in [5.74, 6) is 1.24. The number of amides is 1. The summed E-state index contributed by atoms with van der Waals surface area (Å²) in [5.41, 5.74) is 4.12. The van der Waals surface area contributed by atoms with E-state index in [-0.39, 0.29) is 5.91 Å². The van der Waals surface area contributed by atoms with Crippen LogP contribution in [0.1, 0.15) is 30.2 Å². The second-order valence-corrected chi connectivity index (χ2v) is 8.46. The minimum absolute atomic E-state index is 0.113. The van der Waals surface area contributed by atoms with Gasteiger partial charge in [0.25, 0.3) is 0 Å². The normalized spacial score (nSPS) is 10.5. The van der Waals surface area contributed by atoms with Gasteiger partial charge in [-0.25, -0.2) is 9.97 Å². The summed E-state index contributed by atoms with van der Waals surface area (Å²) >= 11 is 2.81. The Labute approximate surface area is 184 Å². The monoisotopic (exact) mass is 438 g/mol. The standard InChI is InChI=1S/C22H22N4O2S2/c1-4-28-17-7-5-16(6-8-17)19-13-30-22(25-19)26-20(27)9-10-29-21-18(12-23)14(2)11-15(3)24-21/h5-8,11,13H,4,9-10H2,1-3H3,(H,25,26,27). The molecule has 0 spiro atoms. The predicted octanol–water partition coefficient (Wildman–Crippen LogP) is 5.21. The van der Waals surface area contributed by atoms with Crippen molar-refractivity contribution in [3.8, 4) is 23.1 Å². The zero-order valence-corrected chi connectivity index (χ0v) is 18.7. The van der Waals surface area contributed by atoms with Gasteiger partial charge in [-0.15, -0.1) is 23.1 Å². The number of carbonyl (C=O) groups is 1. The van der Waals surface area contributed by atoms with Crippen LogP contribution in [0.25, 0.3) is 11.3 Å². The van der Waals surface area contributed by atoms with Crippen molar-refractivity contribution in [1.82, 2.24) is 9.97 Å². The molecule has 0 aliphatic rings. The fourth-order valence-electron chi connectivity index (χ4n) is 2.82. The van der Waals surface area contributed by atoms with Crippen LogP contribution in [0.3, 0.4) is 0 Å². The number of carbonyl (C=O) groups excluding carboxylic acids is 1. The highest BCUT2D eigenvalue weighted by atomic mass is 32.2. The molecule has 0 bridgehead atoms. The number of hydrogen-bond acceptors (Lipinski definition) is 7. The van der Waals surface area contributed by atoms with Gasteiger partial charge in [0, 0.05) is 28.8 Å². The zero-order valence-electron chi connectivity index (χ0n) is 17.1. The van der Waals surface area contributed by atoms with Crippen molar-refractivity contribution in [2.45, 2.75) is 32.2 Å². The number of nitrogens with one attached hydrogen (secondary N) is 1. The highest BCUT2D eigenvalue weighted by Gasteiger charge is 2.12. The molecule has 3 aromatic rings. The van der Waals surface area contributed by atoms with E-state index in [0.29, 0.717) is 34.5 Å². The largest absolute Gasteiger partial charge is 0.494 e. The highest BCUT2D eigenvalue weighted by molar-refractivity contribution is 7.99. The number of benzene rings is 1. The van der Waals surface area contributed by atoms with Crippen LogP contribution in [-0.2, 0) is 4.79 Å². The Hall–Kier alpha value is -2.89. The lowest BCUT2D eigenvalue weighted by atomic mass is 10.1. The number of aryl methyl sites for hydroxylation is 2. The van der Waals surface area contributed by atoms with Crippen LogP contribution < -0.4 is 10.1 Å². The Morgan fingerprint density at radius 2 is 2.03 bits per heavy atom.